The molecule has 0 spiro atoms. The number of hydrogen-bond donors (Lipinski definition) is 1. The summed E-state index contributed by atoms with van der Waals surface area (Å²) in [5, 5.41) is 8.58. The first kappa shape index (κ1) is 19.7. The summed E-state index contributed by atoms with van der Waals surface area (Å²) in [5.41, 5.74) is 1.38. The van der Waals surface area contributed by atoms with Crippen LogP contribution in [0.3, 0.4) is 0 Å². The second kappa shape index (κ2) is 8.03. The molecule has 0 aliphatic carbocycles. The lowest BCUT2D eigenvalue weighted by Gasteiger charge is -2.27. The van der Waals surface area contributed by atoms with Gasteiger partial charge in [-0.25, -0.2) is 18.4 Å². The van der Waals surface area contributed by atoms with E-state index < -0.39 is 21.8 Å². The van der Waals surface area contributed by atoms with Gasteiger partial charge in [-0.05, 0) is 12.0 Å². The summed E-state index contributed by atoms with van der Waals surface area (Å²) in [7, 11) is -3.15. The molecule has 1 fully saturated rings. The number of nitrogens with one attached hydrogen (secondary N) is 1. The van der Waals surface area contributed by atoms with Crippen molar-refractivity contribution in [2.24, 2.45) is 5.10 Å². The van der Waals surface area contributed by atoms with E-state index in [1.54, 1.807) is 6.20 Å². The van der Waals surface area contributed by atoms with E-state index in [4.69, 9.17) is 0 Å². The molecule has 0 saturated carbocycles. The Morgan fingerprint density at radius 2 is 2.03 bits per heavy atom. The Balaban J connectivity index is 1.43. The molecular weight excluding hydrogens is 412 g/mol. The molecule has 2 amide bonds. The highest BCUT2D eigenvalue weighted by molar-refractivity contribution is 7.91. The number of amides is 2. The fourth-order valence-electron chi connectivity index (χ4n) is 3.40. The lowest BCUT2D eigenvalue weighted by atomic mass is 10.1. The van der Waals surface area contributed by atoms with Crippen molar-refractivity contribution in [1.29, 1.82) is 0 Å². The van der Waals surface area contributed by atoms with E-state index in [1.165, 1.54) is 16.3 Å². The van der Waals surface area contributed by atoms with Gasteiger partial charge in [0, 0.05) is 30.3 Å². The van der Waals surface area contributed by atoms with E-state index in [1.807, 2.05) is 30.3 Å². The van der Waals surface area contributed by atoms with E-state index >= 15 is 0 Å². The van der Waals surface area contributed by atoms with Crippen LogP contribution < -0.4 is 5.32 Å². The smallest absolute Gasteiger partial charge is 0.273 e. The summed E-state index contributed by atoms with van der Waals surface area (Å²) in [4.78, 5) is 30.0. The fraction of sp³-hybridized carbons (Fsp3) is 0.368. The quantitative estimate of drug-likeness (QED) is 0.775. The van der Waals surface area contributed by atoms with E-state index in [2.05, 4.69) is 15.4 Å². The van der Waals surface area contributed by atoms with Gasteiger partial charge < -0.3 is 0 Å². The zero-order valence-corrected chi connectivity index (χ0v) is 17.2. The van der Waals surface area contributed by atoms with Crippen molar-refractivity contribution >= 4 is 43.8 Å². The molecule has 10 heteroatoms. The fourth-order valence-corrected chi connectivity index (χ4v) is 5.94. The second-order valence-electron chi connectivity index (χ2n) is 7.09. The normalized spacial score (nSPS) is 21.1. The minimum absolute atomic E-state index is 0.0435. The van der Waals surface area contributed by atoms with Gasteiger partial charge in [-0.15, -0.1) is 11.3 Å². The Bertz CT molecular complexity index is 1060. The van der Waals surface area contributed by atoms with Crippen LogP contribution in [0.5, 0.6) is 0 Å². The number of thiazole rings is 1. The molecule has 3 heterocycles. The molecule has 1 aromatic carbocycles. The van der Waals surface area contributed by atoms with E-state index in [9.17, 15) is 18.0 Å². The molecule has 1 saturated heterocycles. The molecule has 2 aliphatic rings. The molecular formula is C19H20N4O4S2. The molecule has 1 unspecified atom stereocenters. The van der Waals surface area contributed by atoms with Gasteiger partial charge in [0.05, 0.1) is 17.5 Å². The van der Waals surface area contributed by atoms with Gasteiger partial charge in [0.15, 0.2) is 15.0 Å². The SMILES string of the molecule is O=C(Nc1ncc(Cc2ccccc2)s1)C1=NN(C2CCS(=O)(=O)C2)C(=O)CC1. The molecule has 1 atom stereocenters. The van der Waals surface area contributed by atoms with Crippen LogP contribution in [0.25, 0.3) is 0 Å². The number of nitrogens with zero attached hydrogens (tertiary/aromatic N) is 3. The molecule has 29 heavy (non-hydrogen) atoms. The molecule has 1 aromatic heterocycles. The van der Waals surface area contributed by atoms with Crippen LogP contribution in [0.4, 0.5) is 5.13 Å². The van der Waals surface area contributed by atoms with Crippen molar-refractivity contribution < 1.29 is 18.0 Å². The van der Waals surface area contributed by atoms with Gasteiger partial charge in [0.2, 0.25) is 5.91 Å². The maximum Gasteiger partial charge on any atom is 0.273 e. The third-order valence-corrected chi connectivity index (χ3v) is 7.53. The zero-order valence-electron chi connectivity index (χ0n) is 15.6. The Morgan fingerprint density at radius 3 is 2.76 bits per heavy atom. The maximum absolute atomic E-state index is 12.6. The van der Waals surface area contributed by atoms with Crippen molar-refractivity contribution in [2.45, 2.75) is 31.7 Å². The molecule has 152 valence electrons. The number of rotatable bonds is 5. The zero-order chi connectivity index (χ0) is 20.4. The van der Waals surface area contributed by atoms with Gasteiger partial charge in [-0.1, -0.05) is 30.3 Å². The predicted molar refractivity (Wildman–Crippen MR) is 111 cm³/mol. The monoisotopic (exact) mass is 432 g/mol. The van der Waals surface area contributed by atoms with Crippen LogP contribution in [0.2, 0.25) is 0 Å². The van der Waals surface area contributed by atoms with Crippen LogP contribution in [0, 0.1) is 0 Å². The van der Waals surface area contributed by atoms with Crippen LogP contribution >= 0.6 is 11.3 Å². The molecule has 1 N–H and O–H groups in total. The largest absolute Gasteiger partial charge is 0.297 e. The van der Waals surface area contributed by atoms with Gasteiger partial charge in [-0.3, -0.25) is 14.9 Å². The molecule has 8 nitrogen and oxygen atoms in total. The van der Waals surface area contributed by atoms with Gasteiger partial charge >= 0.3 is 0 Å². The molecule has 0 bridgehead atoms. The third-order valence-electron chi connectivity index (χ3n) is 4.87. The number of carbonyl (C=O) groups is 2. The van der Waals surface area contributed by atoms with E-state index in [0.717, 1.165) is 16.9 Å². The number of sulfone groups is 1. The van der Waals surface area contributed by atoms with Crippen LogP contribution in [0.1, 0.15) is 29.7 Å². The molecule has 0 radical (unpaired) electrons. The summed E-state index contributed by atoms with van der Waals surface area (Å²) in [6.07, 6.45) is 3.17. The highest BCUT2D eigenvalue weighted by atomic mass is 32.2. The Hall–Kier alpha value is -2.59. The second-order valence-corrected chi connectivity index (χ2v) is 10.4. The average Bonchev–Trinajstić information content (AvgIpc) is 3.28. The lowest BCUT2D eigenvalue weighted by molar-refractivity contribution is -0.133. The summed E-state index contributed by atoms with van der Waals surface area (Å²) in [6.45, 7) is 0. The van der Waals surface area contributed by atoms with Crippen molar-refractivity contribution in [2.75, 3.05) is 16.8 Å². The van der Waals surface area contributed by atoms with Crippen molar-refractivity contribution in [3.63, 3.8) is 0 Å². The maximum atomic E-state index is 12.6. The van der Waals surface area contributed by atoms with E-state index in [0.29, 0.717) is 11.6 Å². The summed E-state index contributed by atoms with van der Waals surface area (Å²) in [5.74, 6) is -0.721. The highest BCUT2D eigenvalue weighted by Gasteiger charge is 2.37. The Morgan fingerprint density at radius 1 is 1.24 bits per heavy atom. The average molecular weight is 433 g/mol. The number of carbonyl (C=O) groups excluding carboxylic acids is 2. The number of anilines is 1. The summed E-state index contributed by atoms with van der Waals surface area (Å²) < 4.78 is 23.4. The standard InChI is InChI=1S/C19H20N4O4S2/c24-17-7-6-16(22-23(17)14-8-9-29(26,27)12-14)18(25)21-19-20-11-15(28-19)10-13-4-2-1-3-5-13/h1-5,11,14H,6-10,12H2,(H,20,21,25). The van der Waals surface area contributed by atoms with E-state index in [-0.39, 0.29) is 36.0 Å². The number of benzene rings is 1. The first-order chi connectivity index (χ1) is 13.9. The molecule has 2 aliphatic heterocycles. The van der Waals surface area contributed by atoms with Crippen molar-refractivity contribution in [3.8, 4) is 0 Å². The highest BCUT2D eigenvalue weighted by Crippen LogP contribution is 2.24. The predicted octanol–water partition coefficient (Wildman–Crippen LogP) is 1.84. The molecule has 2 aromatic rings. The first-order valence-electron chi connectivity index (χ1n) is 9.29. The molecule has 4 rings (SSSR count). The van der Waals surface area contributed by atoms with Gasteiger partial charge in [-0.2, -0.15) is 5.10 Å². The van der Waals surface area contributed by atoms with Gasteiger partial charge in [0.25, 0.3) is 5.91 Å². The van der Waals surface area contributed by atoms with Crippen molar-refractivity contribution in [1.82, 2.24) is 9.99 Å². The minimum atomic E-state index is -3.15. The van der Waals surface area contributed by atoms with Crippen LogP contribution in [0.15, 0.2) is 41.6 Å². The Labute approximate surface area is 172 Å². The number of aromatic nitrogens is 1. The van der Waals surface area contributed by atoms with Crippen molar-refractivity contribution in [3.05, 3.63) is 47.0 Å². The lowest BCUT2D eigenvalue weighted by Crippen LogP contribution is -2.42. The number of hydrazone groups is 1. The Kier molecular flexibility index (Phi) is 5.46. The topological polar surface area (TPSA) is 109 Å². The minimum Gasteiger partial charge on any atom is -0.297 e. The number of hydrogen-bond acceptors (Lipinski definition) is 7. The first-order valence-corrected chi connectivity index (χ1v) is 11.9. The third kappa shape index (κ3) is 4.70. The van der Waals surface area contributed by atoms with Crippen LogP contribution in [-0.2, 0) is 25.8 Å². The summed E-state index contributed by atoms with van der Waals surface area (Å²) in [6, 6.07) is 9.48. The summed E-state index contributed by atoms with van der Waals surface area (Å²) >= 11 is 1.39. The van der Waals surface area contributed by atoms with Gasteiger partial charge in [0.1, 0.15) is 5.71 Å². The van der Waals surface area contributed by atoms with Crippen LogP contribution in [-0.4, -0.2) is 53.5 Å².